The summed E-state index contributed by atoms with van der Waals surface area (Å²) >= 11 is 9.53. The fraction of sp³-hybridized carbons (Fsp3) is 0.171. The van der Waals surface area contributed by atoms with Crippen LogP contribution >= 0.6 is 23.2 Å². The van der Waals surface area contributed by atoms with Gasteiger partial charge < -0.3 is 53.9 Å². The van der Waals surface area contributed by atoms with Gasteiger partial charge in [0.25, 0.3) is 0 Å². The number of aromatic nitrogens is 12. The Hall–Kier alpha value is -9.62. The molecule has 6 aromatic carbocycles. The Morgan fingerprint density at radius 1 is 0.351 bits per heavy atom. The van der Waals surface area contributed by atoms with Crippen molar-refractivity contribution < 1.29 is 63.2 Å². The van der Waals surface area contributed by atoms with Crippen LogP contribution in [0.3, 0.4) is 0 Å². The second-order valence-corrected chi connectivity index (χ2v) is 23.0. The fourth-order valence-electron chi connectivity index (χ4n) is 11.0. The van der Waals surface area contributed by atoms with Crippen LogP contribution in [-0.2, 0) is 48.5 Å². The van der Waals surface area contributed by atoms with Gasteiger partial charge in [-0.25, -0.2) is 30.6 Å². The van der Waals surface area contributed by atoms with E-state index >= 15 is 0 Å². The zero-order valence-electron chi connectivity index (χ0n) is 55.2. The zero-order chi connectivity index (χ0) is 67.4. The Morgan fingerprint density at radius 2 is 0.515 bits per heavy atom. The smallest absolute Gasteiger partial charge is 0.449 e. The first-order valence-corrected chi connectivity index (χ1v) is 31.9. The number of imide groups is 2. The number of carbonyl (C=O) groups is 4. The van der Waals surface area contributed by atoms with Gasteiger partial charge in [-0.2, -0.15) is 0 Å². The predicted molar refractivity (Wildman–Crippen MR) is 379 cm³/mol. The van der Waals surface area contributed by atoms with Gasteiger partial charge in [0.05, 0.1) is 39.5 Å². The number of rotatable bonds is 12. The molecule has 6 aromatic heterocycles. The van der Waals surface area contributed by atoms with E-state index in [9.17, 15) is 19.2 Å². The molecule has 12 aromatic rings. The van der Waals surface area contributed by atoms with Crippen LogP contribution in [0.4, 0.5) is 9.59 Å². The van der Waals surface area contributed by atoms with E-state index in [1.807, 2.05) is 109 Å². The van der Waals surface area contributed by atoms with E-state index in [0.717, 1.165) is 109 Å². The Bertz CT molecular complexity index is 3770. The number of hydrogen-bond donors (Lipinski definition) is 3. The van der Waals surface area contributed by atoms with E-state index < -0.39 is 26.3 Å². The number of carbonyl (C=O) groups excluding carboxylic acids is 4. The molecule has 3 N–H and O–H groups in total. The minimum Gasteiger partial charge on any atom is -0.449 e. The van der Waals surface area contributed by atoms with Crippen molar-refractivity contribution in [3.8, 4) is 67.5 Å². The second-order valence-electron chi connectivity index (χ2n) is 22.1. The van der Waals surface area contributed by atoms with Gasteiger partial charge in [0.1, 0.15) is 11.8 Å². The molecule has 0 atom stereocenters. The molecule has 2 aliphatic rings. The number of aliphatic hydroxyl groups excluding tert-OH is 1. The van der Waals surface area contributed by atoms with Crippen molar-refractivity contribution in [2.75, 3.05) is 25.5 Å². The summed E-state index contributed by atoms with van der Waals surface area (Å²) in [6, 6.07) is 73.6. The van der Waals surface area contributed by atoms with Crippen LogP contribution in [0.2, 0.25) is 0 Å². The second kappa shape index (κ2) is 36.5. The van der Waals surface area contributed by atoms with Crippen LogP contribution in [0.25, 0.3) is 78.2 Å². The first-order valence-electron chi connectivity index (χ1n) is 30.8. The summed E-state index contributed by atoms with van der Waals surface area (Å²) in [6.45, 7) is 13.5. The fourth-order valence-corrected chi connectivity index (χ4v) is 11.0. The van der Waals surface area contributed by atoms with Gasteiger partial charge in [-0.1, -0.05) is 182 Å². The maximum atomic E-state index is 10.2. The Kier molecular flexibility index (Phi) is 28.1. The molecule has 2 aliphatic heterocycles. The summed E-state index contributed by atoms with van der Waals surface area (Å²) in [6.07, 6.45) is 0.678. The molecule has 2 fully saturated rings. The molecule has 14 rings (SSSR count). The first kappa shape index (κ1) is 74.8. The van der Waals surface area contributed by atoms with Crippen LogP contribution in [0.15, 0.2) is 218 Å². The van der Waals surface area contributed by atoms with E-state index in [2.05, 4.69) is 200 Å². The van der Waals surface area contributed by atoms with Gasteiger partial charge in [-0.05, 0) is 125 Å². The van der Waals surface area contributed by atoms with Crippen molar-refractivity contribution in [1.82, 2.24) is 68.8 Å². The maximum Gasteiger partial charge on any atom is 2.00 e. The molecule has 2 saturated heterocycles. The third-order valence-electron chi connectivity index (χ3n) is 15.6. The van der Waals surface area contributed by atoms with Crippen LogP contribution in [0.5, 0.6) is 0 Å². The first-order chi connectivity index (χ1) is 46.2. The zero-order valence-corrected chi connectivity index (χ0v) is 62.7. The summed E-state index contributed by atoms with van der Waals surface area (Å²) in [4.78, 5) is 40.8. The summed E-state index contributed by atoms with van der Waals surface area (Å²) < 4.78 is 12.6. The minimum atomic E-state index is -1.55. The predicted octanol–water partition coefficient (Wildman–Crippen LogP) is 12.8. The summed E-state index contributed by atoms with van der Waals surface area (Å²) in [5.74, 6) is -0.650. The number of nitrogens with zero attached hydrogens (tertiary/aromatic N) is 14. The average molecular weight is 1440 g/mol. The number of benzene rings is 6. The van der Waals surface area contributed by atoms with Gasteiger partial charge in [-0.15, -0.1) is 23.2 Å². The topological polar surface area (TPSA) is 248 Å². The van der Waals surface area contributed by atoms with Gasteiger partial charge in [0.2, 0.25) is 0 Å². The van der Waals surface area contributed by atoms with E-state index in [1.165, 1.54) is 0 Å². The van der Waals surface area contributed by atoms with Gasteiger partial charge in [0, 0.05) is 53.3 Å². The molecule has 0 radical (unpaired) electrons. The number of nitrogens with one attached hydrogen (secondary N) is 2. The quantitative estimate of drug-likeness (QED) is 0.0766. The summed E-state index contributed by atoms with van der Waals surface area (Å²) in [7, 11) is -2.11. The van der Waals surface area contributed by atoms with Gasteiger partial charge >= 0.3 is 53.2 Å². The molecule has 97 heavy (non-hydrogen) atoms. The molecule has 0 spiro atoms. The van der Waals surface area contributed by atoms with Crippen molar-refractivity contribution in [2.24, 2.45) is 0 Å². The monoisotopic (exact) mass is 1440 g/mol. The molecule has 0 saturated carbocycles. The molecular formula is C70H72B2Cl2N16O5Zn2. The number of hydrogen-bond acceptors (Lipinski definition) is 11. The van der Waals surface area contributed by atoms with E-state index in [1.54, 1.807) is 0 Å². The van der Waals surface area contributed by atoms with Crippen molar-refractivity contribution in [3.63, 3.8) is 0 Å². The van der Waals surface area contributed by atoms with Gasteiger partial charge in [-0.3, -0.25) is 19.2 Å². The molecule has 0 bridgehead atoms. The molecule has 486 valence electrons. The van der Waals surface area contributed by atoms with Crippen molar-refractivity contribution in [3.05, 3.63) is 263 Å². The molecule has 0 unspecified atom stereocenters. The third kappa shape index (κ3) is 19.3. The Labute approximate surface area is 599 Å². The molecule has 0 aliphatic carbocycles. The number of aliphatic hydroxyl groups is 1. The number of amides is 6. The number of alkyl halides is 2. The molecule has 21 nitrogen and oxygen atoms in total. The van der Waals surface area contributed by atoms with Crippen molar-refractivity contribution in [2.45, 2.75) is 54.4 Å². The SMILES string of the molecule is CO.Cc1cc(-c2ccccc2)nn1[BH-](n1nc(-c2ccccc2)cc1C)n1nc(-c2ccccc2)cc1C.Cc1cc(-c2ccccc2)nn1[BH-](n1nc(-c2ccccc2)cc1C)n1nc(-c2ccccc2)cc1C.ClCCl.O=C1CCNC(=O)[N-]1.O=C1CCNC(=O)[N-]1.[Zn+2].[Zn+2]. The number of aryl methyl sites for hydroxylation is 6. The molecule has 27 heteroatoms. The average Bonchev–Trinajstić information content (AvgIpc) is 1.62. The van der Waals surface area contributed by atoms with Crippen LogP contribution in [-0.4, -0.2) is 127 Å². The van der Waals surface area contributed by atoms with Crippen LogP contribution in [0.1, 0.15) is 47.0 Å². The molecular weight excluding hydrogens is 1370 g/mol. The van der Waals surface area contributed by atoms with E-state index in [0.29, 0.717) is 25.9 Å². The Morgan fingerprint density at radius 3 is 0.649 bits per heavy atom. The number of halogens is 2. The summed E-state index contributed by atoms with van der Waals surface area (Å²) in [5.41, 5.74) is 18.6. The normalized spacial score (nSPS) is 12.1. The van der Waals surface area contributed by atoms with E-state index in [-0.39, 0.29) is 56.1 Å². The van der Waals surface area contributed by atoms with Crippen molar-refractivity contribution in [1.29, 1.82) is 0 Å². The van der Waals surface area contributed by atoms with Crippen LogP contribution < -0.4 is 10.6 Å². The summed E-state index contributed by atoms with van der Waals surface area (Å²) in [5, 5.41) is 48.8. The van der Waals surface area contributed by atoms with Crippen molar-refractivity contribution >= 4 is 61.3 Å². The molecule has 8 heterocycles. The third-order valence-corrected chi connectivity index (χ3v) is 15.6. The standard InChI is InChI=1S/2C30H28BN6.2C4H6N2O2.CH2Cl2.CH4O.2Zn/c2*1-22-19-28(25-13-7-4-8-14-25)32-35(22)31(36-23(2)20-29(33-36)26-15-9-5-10-16-26)37-24(3)21-30(34-37)27-17-11-6-12-18-27;2*7-3-1-2-5-4(8)6-3;2-1-3;1-2;;/h2*4-21,31H,1-3H3;2*1-2H2,(H2,5,6,7,8);1H2;2H,1H3;;/q2*-1;;;;;2*+2/p-2. The minimum absolute atomic E-state index is 0. The van der Waals surface area contributed by atoms with Crippen LogP contribution in [0, 0.1) is 41.5 Å². The van der Waals surface area contributed by atoms with Gasteiger partial charge in [0.15, 0.2) is 12.1 Å². The Balaban J connectivity index is 0.000000207. The number of urea groups is 2. The van der Waals surface area contributed by atoms with E-state index in [4.69, 9.17) is 58.9 Å². The molecule has 6 amide bonds. The maximum absolute atomic E-state index is 10.2. The largest absolute Gasteiger partial charge is 2.00 e.